The Balaban J connectivity index is 1.36. The summed E-state index contributed by atoms with van der Waals surface area (Å²) >= 11 is 1.75. The quantitative estimate of drug-likeness (QED) is 0.323. The van der Waals surface area contributed by atoms with Crippen molar-refractivity contribution in [3.63, 3.8) is 0 Å². The topological polar surface area (TPSA) is 96.5 Å². The van der Waals surface area contributed by atoms with Crippen molar-refractivity contribution in [1.82, 2.24) is 14.7 Å². The number of para-hydroxylation sites is 2. The first-order valence-corrected chi connectivity index (χ1v) is 15.0. The molecular formula is C30H31N3O6S2. The number of rotatable bonds is 9. The molecule has 9 nitrogen and oxygen atoms in total. The number of amides is 4. The maximum atomic E-state index is 13.4. The Morgan fingerprint density at radius 2 is 1.17 bits per heavy atom. The lowest BCUT2D eigenvalue weighted by Crippen LogP contribution is -2.51. The molecule has 2 aromatic carbocycles. The van der Waals surface area contributed by atoms with Crippen LogP contribution in [0.4, 0.5) is 9.59 Å². The number of ether oxygens (including phenoxy) is 2. The summed E-state index contributed by atoms with van der Waals surface area (Å²) in [7, 11) is 3.10. The molecule has 4 amide bonds. The Hall–Kier alpha value is -3.54. The molecule has 5 rings (SSSR count). The van der Waals surface area contributed by atoms with E-state index >= 15 is 0 Å². The molecule has 2 aromatic rings. The van der Waals surface area contributed by atoms with E-state index in [4.69, 9.17) is 9.47 Å². The van der Waals surface area contributed by atoms with Crippen molar-refractivity contribution >= 4 is 58.0 Å². The molecule has 0 unspecified atom stereocenters. The standard InChI is InChI=1S/C30H31N3O6S2/c1-38-23-14-8-6-10-20(23)16-25-27(34)32(29(36)40-25)18-31(22-12-4-3-5-13-22)19-33-28(35)26(41-30(33)37)17-21-11-7-9-15-24(21)39-2/h6-11,14-17,22H,3-5,12-13,18-19H2,1-2H3/b25-16-,26-17-. The summed E-state index contributed by atoms with van der Waals surface area (Å²) in [6.45, 7) is -0.0161. The van der Waals surface area contributed by atoms with Gasteiger partial charge in [-0.1, -0.05) is 55.7 Å². The monoisotopic (exact) mass is 593 g/mol. The van der Waals surface area contributed by atoms with Crippen LogP contribution in [0.3, 0.4) is 0 Å². The summed E-state index contributed by atoms with van der Waals surface area (Å²) in [4.78, 5) is 57.8. The molecule has 2 aliphatic heterocycles. The van der Waals surface area contributed by atoms with Crippen molar-refractivity contribution in [2.75, 3.05) is 27.6 Å². The average molecular weight is 594 g/mol. The zero-order chi connectivity index (χ0) is 28.9. The number of nitrogens with zero attached hydrogens (tertiary/aromatic N) is 3. The Bertz CT molecular complexity index is 1320. The summed E-state index contributed by atoms with van der Waals surface area (Å²) in [6.07, 6.45) is 8.16. The number of thioether (sulfide) groups is 2. The molecule has 3 aliphatic rings. The molecule has 0 spiro atoms. The van der Waals surface area contributed by atoms with E-state index in [2.05, 4.69) is 0 Å². The second-order valence-corrected chi connectivity index (χ2v) is 11.9. The van der Waals surface area contributed by atoms with Gasteiger partial charge >= 0.3 is 0 Å². The SMILES string of the molecule is COc1ccccc1/C=C1\SC(=O)N(CN(CN2C(=O)S/C(=C\c3ccccc3OC)C2=O)C2CCCCC2)C1=O. The molecule has 0 atom stereocenters. The highest BCUT2D eigenvalue weighted by Gasteiger charge is 2.41. The molecule has 0 radical (unpaired) electrons. The molecule has 11 heteroatoms. The van der Waals surface area contributed by atoms with E-state index in [1.807, 2.05) is 41.3 Å². The van der Waals surface area contributed by atoms with Crippen LogP contribution in [0.15, 0.2) is 58.3 Å². The molecular weight excluding hydrogens is 562 g/mol. The normalized spacial score (nSPS) is 20.3. The minimum absolute atomic E-state index is 0.00806. The van der Waals surface area contributed by atoms with Crippen LogP contribution < -0.4 is 9.47 Å². The fourth-order valence-electron chi connectivity index (χ4n) is 5.18. The second-order valence-electron chi connectivity index (χ2n) is 9.87. The van der Waals surface area contributed by atoms with Crippen LogP contribution in [0.25, 0.3) is 12.2 Å². The van der Waals surface area contributed by atoms with Crippen molar-refractivity contribution in [1.29, 1.82) is 0 Å². The van der Waals surface area contributed by atoms with Crippen molar-refractivity contribution in [2.24, 2.45) is 0 Å². The van der Waals surface area contributed by atoms with Crippen molar-refractivity contribution in [2.45, 2.75) is 38.1 Å². The molecule has 2 heterocycles. The van der Waals surface area contributed by atoms with Crippen molar-refractivity contribution in [3.8, 4) is 11.5 Å². The summed E-state index contributed by atoms with van der Waals surface area (Å²) in [5.41, 5.74) is 1.40. The number of hydrogen-bond donors (Lipinski definition) is 0. The van der Waals surface area contributed by atoms with Gasteiger partial charge < -0.3 is 9.47 Å². The van der Waals surface area contributed by atoms with Crippen molar-refractivity contribution in [3.05, 3.63) is 69.5 Å². The van der Waals surface area contributed by atoms with Gasteiger partial charge in [0.2, 0.25) is 0 Å². The van der Waals surface area contributed by atoms with Crippen LogP contribution >= 0.6 is 23.5 Å². The molecule has 1 aliphatic carbocycles. The van der Waals surface area contributed by atoms with E-state index in [9.17, 15) is 19.2 Å². The van der Waals surface area contributed by atoms with Gasteiger partial charge in [-0.05, 0) is 60.7 Å². The van der Waals surface area contributed by atoms with E-state index in [1.54, 1.807) is 38.5 Å². The lowest BCUT2D eigenvalue weighted by atomic mass is 9.94. The number of hydrogen-bond acceptors (Lipinski definition) is 9. The first-order valence-electron chi connectivity index (χ1n) is 13.4. The molecule has 0 N–H and O–H groups in total. The number of benzene rings is 2. The zero-order valence-corrected chi connectivity index (χ0v) is 24.5. The van der Waals surface area contributed by atoms with Crippen LogP contribution in [-0.2, 0) is 9.59 Å². The van der Waals surface area contributed by atoms with Gasteiger partial charge in [0, 0.05) is 17.2 Å². The lowest BCUT2D eigenvalue weighted by Gasteiger charge is -2.37. The highest BCUT2D eigenvalue weighted by Crippen LogP contribution is 2.37. The van der Waals surface area contributed by atoms with Crippen LogP contribution in [0.2, 0.25) is 0 Å². The van der Waals surface area contributed by atoms with Crippen LogP contribution in [0.5, 0.6) is 11.5 Å². The van der Waals surface area contributed by atoms with E-state index < -0.39 is 11.8 Å². The Morgan fingerprint density at radius 3 is 1.61 bits per heavy atom. The molecule has 3 fully saturated rings. The first-order chi connectivity index (χ1) is 19.9. The zero-order valence-electron chi connectivity index (χ0n) is 22.9. The van der Waals surface area contributed by atoms with E-state index in [0.29, 0.717) is 32.4 Å². The van der Waals surface area contributed by atoms with Gasteiger partial charge in [0.15, 0.2) is 0 Å². The summed E-state index contributed by atoms with van der Waals surface area (Å²) in [5.74, 6) is 0.390. The maximum Gasteiger partial charge on any atom is 0.294 e. The third kappa shape index (κ3) is 6.37. The number of carbonyl (C=O) groups excluding carboxylic acids is 4. The molecule has 41 heavy (non-hydrogen) atoms. The predicted molar refractivity (Wildman–Crippen MR) is 160 cm³/mol. The third-order valence-electron chi connectivity index (χ3n) is 7.34. The van der Waals surface area contributed by atoms with Gasteiger partial charge in [-0.25, -0.2) is 0 Å². The summed E-state index contributed by atoms with van der Waals surface area (Å²) < 4.78 is 10.8. The highest BCUT2D eigenvalue weighted by molar-refractivity contribution is 8.18. The predicted octanol–water partition coefficient (Wildman–Crippen LogP) is 6.03. The average Bonchev–Trinajstić information content (AvgIpc) is 3.41. The summed E-state index contributed by atoms with van der Waals surface area (Å²) in [5, 5.41) is -0.774. The number of methoxy groups -OCH3 is 2. The molecule has 214 valence electrons. The Labute approximate surface area is 247 Å². The minimum atomic E-state index is -0.406. The summed E-state index contributed by atoms with van der Waals surface area (Å²) in [6, 6.07) is 14.6. The second kappa shape index (κ2) is 13.0. The fourth-order valence-corrected chi connectivity index (χ4v) is 6.83. The van der Waals surface area contributed by atoms with Crippen LogP contribution in [0, 0.1) is 0 Å². The molecule has 1 saturated carbocycles. The number of carbonyl (C=O) groups is 4. The highest BCUT2D eigenvalue weighted by atomic mass is 32.2. The van der Waals surface area contributed by atoms with Gasteiger partial charge in [-0.2, -0.15) is 0 Å². The van der Waals surface area contributed by atoms with E-state index in [1.165, 1.54) is 9.80 Å². The van der Waals surface area contributed by atoms with Crippen molar-refractivity contribution < 1.29 is 28.7 Å². The largest absolute Gasteiger partial charge is 0.496 e. The van der Waals surface area contributed by atoms with Gasteiger partial charge in [0.1, 0.15) is 11.5 Å². The number of imide groups is 2. The van der Waals surface area contributed by atoms with Crippen LogP contribution in [0.1, 0.15) is 43.2 Å². The van der Waals surface area contributed by atoms with Crippen LogP contribution in [-0.4, -0.2) is 70.6 Å². The smallest absolute Gasteiger partial charge is 0.294 e. The van der Waals surface area contributed by atoms with E-state index in [0.717, 1.165) is 55.6 Å². The third-order valence-corrected chi connectivity index (χ3v) is 9.15. The van der Waals surface area contributed by atoms with Gasteiger partial charge in [-0.15, -0.1) is 0 Å². The van der Waals surface area contributed by atoms with E-state index in [-0.39, 0.29) is 29.9 Å². The van der Waals surface area contributed by atoms with Gasteiger partial charge in [0.25, 0.3) is 22.3 Å². The fraction of sp³-hybridized carbons (Fsp3) is 0.333. The molecule has 0 aromatic heterocycles. The first kappa shape index (κ1) is 29.0. The Morgan fingerprint density at radius 1 is 0.732 bits per heavy atom. The maximum absolute atomic E-state index is 13.4. The van der Waals surface area contributed by atoms with Gasteiger partial charge in [-0.3, -0.25) is 33.9 Å². The molecule has 2 saturated heterocycles. The van der Waals surface area contributed by atoms with Gasteiger partial charge in [0.05, 0.1) is 37.4 Å². The molecule has 0 bridgehead atoms. The lowest BCUT2D eigenvalue weighted by molar-refractivity contribution is -0.127. The Kier molecular flexibility index (Phi) is 9.16. The minimum Gasteiger partial charge on any atom is -0.496 e.